The minimum Gasteiger partial charge on any atom is -0.340 e. The third-order valence-corrected chi connectivity index (χ3v) is 3.56. The Morgan fingerprint density at radius 2 is 1.95 bits per heavy atom. The Balaban J connectivity index is 1.83. The maximum absolute atomic E-state index is 6.00. The summed E-state index contributed by atoms with van der Waals surface area (Å²) < 4.78 is 1.90. The highest BCUT2D eigenvalue weighted by atomic mass is 35.5. The molecular weight excluding hydrogens is 300 g/mol. The molecule has 22 heavy (non-hydrogen) atoms. The highest BCUT2D eigenvalue weighted by Gasteiger charge is 2.14. The van der Waals surface area contributed by atoms with Gasteiger partial charge in [-0.15, -0.1) is 0 Å². The fourth-order valence-electron chi connectivity index (χ4n) is 2.40. The van der Waals surface area contributed by atoms with Crippen LogP contribution in [0.15, 0.2) is 49.1 Å². The van der Waals surface area contributed by atoms with Crippen molar-refractivity contribution in [1.82, 2.24) is 29.5 Å². The smallest absolute Gasteiger partial charge is 0.226 e. The summed E-state index contributed by atoms with van der Waals surface area (Å²) in [6.07, 6.45) is 5.88. The molecule has 6 nitrogen and oxygen atoms in total. The average molecular weight is 311 g/mol. The van der Waals surface area contributed by atoms with Crippen molar-refractivity contribution < 1.29 is 0 Å². The zero-order chi connectivity index (χ0) is 14.9. The van der Waals surface area contributed by atoms with Crippen molar-refractivity contribution >= 4 is 22.8 Å². The SMILES string of the molecule is Clc1nc(-n2ccnc2Cc2ccccc2)c2[nH]cnc2n1. The third-order valence-electron chi connectivity index (χ3n) is 3.39. The number of rotatable bonds is 3. The lowest BCUT2D eigenvalue weighted by Gasteiger charge is -2.08. The van der Waals surface area contributed by atoms with Crippen molar-refractivity contribution in [2.24, 2.45) is 0 Å². The molecule has 0 atom stereocenters. The summed E-state index contributed by atoms with van der Waals surface area (Å²) in [4.78, 5) is 20.0. The maximum atomic E-state index is 6.00. The summed E-state index contributed by atoms with van der Waals surface area (Å²) in [5.74, 6) is 1.52. The van der Waals surface area contributed by atoms with E-state index in [0.29, 0.717) is 17.9 Å². The molecule has 3 heterocycles. The summed E-state index contributed by atoms with van der Waals surface area (Å²) in [5, 5.41) is 0.161. The third kappa shape index (κ3) is 2.23. The van der Waals surface area contributed by atoms with E-state index in [1.54, 1.807) is 12.5 Å². The Morgan fingerprint density at radius 1 is 1.09 bits per heavy atom. The molecule has 1 aromatic carbocycles. The fraction of sp³-hybridized carbons (Fsp3) is 0.0667. The van der Waals surface area contributed by atoms with Crippen LogP contribution in [-0.2, 0) is 6.42 Å². The Morgan fingerprint density at radius 3 is 2.82 bits per heavy atom. The molecule has 0 aliphatic carbocycles. The van der Waals surface area contributed by atoms with Gasteiger partial charge in [0.2, 0.25) is 5.28 Å². The van der Waals surface area contributed by atoms with Crippen molar-refractivity contribution in [3.8, 4) is 5.82 Å². The second-order valence-electron chi connectivity index (χ2n) is 4.79. The number of hydrogen-bond acceptors (Lipinski definition) is 4. The predicted molar refractivity (Wildman–Crippen MR) is 83.1 cm³/mol. The van der Waals surface area contributed by atoms with Gasteiger partial charge in [-0.25, -0.2) is 9.97 Å². The number of H-pyrrole nitrogens is 1. The van der Waals surface area contributed by atoms with Crippen LogP contribution in [0.4, 0.5) is 0 Å². The molecule has 0 amide bonds. The summed E-state index contributed by atoms with van der Waals surface area (Å²) in [6.45, 7) is 0. The van der Waals surface area contributed by atoms with Crippen LogP contribution in [-0.4, -0.2) is 29.5 Å². The highest BCUT2D eigenvalue weighted by Crippen LogP contribution is 2.20. The standard InChI is InChI=1S/C15H11ClN6/c16-15-20-13-12(18-9-19-13)14(21-15)22-7-6-17-11(22)8-10-4-2-1-3-5-10/h1-7,9H,8H2,(H,18,19,20,21). The van der Waals surface area contributed by atoms with Gasteiger partial charge >= 0.3 is 0 Å². The van der Waals surface area contributed by atoms with E-state index in [9.17, 15) is 0 Å². The van der Waals surface area contributed by atoms with E-state index in [2.05, 4.69) is 37.1 Å². The minimum absolute atomic E-state index is 0.161. The molecule has 4 rings (SSSR count). The van der Waals surface area contributed by atoms with Crippen molar-refractivity contribution in [2.75, 3.05) is 0 Å². The molecule has 0 unspecified atom stereocenters. The lowest BCUT2D eigenvalue weighted by molar-refractivity contribution is 0.886. The monoisotopic (exact) mass is 310 g/mol. The highest BCUT2D eigenvalue weighted by molar-refractivity contribution is 6.28. The fourth-order valence-corrected chi connectivity index (χ4v) is 2.56. The van der Waals surface area contributed by atoms with Gasteiger partial charge in [0.1, 0.15) is 11.3 Å². The van der Waals surface area contributed by atoms with Crippen molar-refractivity contribution in [3.05, 3.63) is 65.7 Å². The van der Waals surface area contributed by atoms with Gasteiger partial charge in [-0.3, -0.25) is 4.57 Å². The zero-order valence-electron chi connectivity index (χ0n) is 11.4. The van der Waals surface area contributed by atoms with Crippen LogP contribution in [0, 0.1) is 0 Å². The van der Waals surface area contributed by atoms with Gasteiger partial charge in [-0.05, 0) is 17.2 Å². The topological polar surface area (TPSA) is 72.3 Å². The van der Waals surface area contributed by atoms with Crippen LogP contribution >= 0.6 is 11.6 Å². The molecule has 4 aromatic rings. The Labute approximate surface area is 130 Å². The number of aromatic nitrogens is 6. The van der Waals surface area contributed by atoms with Gasteiger partial charge in [0.25, 0.3) is 0 Å². The average Bonchev–Trinajstić information content (AvgIpc) is 3.16. The molecule has 0 saturated heterocycles. The van der Waals surface area contributed by atoms with Crippen LogP contribution < -0.4 is 0 Å². The summed E-state index contributed by atoms with van der Waals surface area (Å²) in [7, 11) is 0. The molecule has 0 radical (unpaired) electrons. The molecule has 0 saturated carbocycles. The van der Waals surface area contributed by atoms with Crippen molar-refractivity contribution in [3.63, 3.8) is 0 Å². The number of aromatic amines is 1. The molecule has 0 spiro atoms. The molecule has 7 heteroatoms. The molecule has 3 aromatic heterocycles. The second kappa shape index (κ2) is 5.23. The van der Waals surface area contributed by atoms with Gasteiger partial charge in [-0.1, -0.05) is 30.3 Å². The van der Waals surface area contributed by atoms with Crippen molar-refractivity contribution in [2.45, 2.75) is 6.42 Å². The van der Waals surface area contributed by atoms with E-state index in [0.717, 1.165) is 11.3 Å². The van der Waals surface area contributed by atoms with E-state index >= 15 is 0 Å². The summed E-state index contributed by atoms with van der Waals surface area (Å²) in [5.41, 5.74) is 2.45. The summed E-state index contributed by atoms with van der Waals surface area (Å²) >= 11 is 6.00. The van der Waals surface area contributed by atoms with Gasteiger partial charge in [0.15, 0.2) is 11.5 Å². The first-order chi connectivity index (χ1) is 10.8. The number of benzene rings is 1. The van der Waals surface area contributed by atoms with Gasteiger partial charge in [0, 0.05) is 18.8 Å². The number of imidazole rings is 2. The van der Waals surface area contributed by atoms with Gasteiger partial charge in [-0.2, -0.15) is 9.97 Å². The van der Waals surface area contributed by atoms with Gasteiger partial charge < -0.3 is 4.98 Å². The number of halogens is 1. The normalized spacial score (nSPS) is 11.1. The van der Waals surface area contributed by atoms with E-state index in [-0.39, 0.29) is 5.28 Å². The first-order valence-corrected chi connectivity index (χ1v) is 7.12. The lowest BCUT2D eigenvalue weighted by Crippen LogP contribution is -2.05. The Hall–Kier alpha value is -2.73. The molecule has 1 N–H and O–H groups in total. The lowest BCUT2D eigenvalue weighted by atomic mass is 10.1. The number of hydrogen-bond donors (Lipinski definition) is 1. The number of nitrogens with one attached hydrogen (secondary N) is 1. The molecular formula is C15H11ClN6. The molecule has 0 fully saturated rings. The van der Waals surface area contributed by atoms with E-state index in [4.69, 9.17) is 11.6 Å². The van der Waals surface area contributed by atoms with Crippen molar-refractivity contribution in [1.29, 1.82) is 0 Å². The first kappa shape index (κ1) is 13.0. The van der Waals surface area contributed by atoms with Crippen LogP contribution in [0.1, 0.15) is 11.4 Å². The van der Waals surface area contributed by atoms with Crippen LogP contribution in [0.25, 0.3) is 17.0 Å². The van der Waals surface area contributed by atoms with Crippen LogP contribution in [0.3, 0.4) is 0 Å². The number of fused-ring (bicyclic) bond motifs is 1. The minimum atomic E-state index is 0.161. The quantitative estimate of drug-likeness (QED) is 0.591. The molecule has 108 valence electrons. The van der Waals surface area contributed by atoms with E-state index in [1.165, 1.54) is 5.56 Å². The van der Waals surface area contributed by atoms with Crippen LogP contribution in [0.2, 0.25) is 5.28 Å². The zero-order valence-corrected chi connectivity index (χ0v) is 12.2. The molecule has 0 aliphatic heterocycles. The predicted octanol–water partition coefficient (Wildman–Crippen LogP) is 2.78. The van der Waals surface area contributed by atoms with Crippen LogP contribution in [0.5, 0.6) is 0 Å². The summed E-state index contributed by atoms with van der Waals surface area (Å²) in [6, 6.07) is 10.2. The molecule has 0 bridgehead atoms. The first-order valence-electron chi connectivity index (χ1n) is 6.74. The Bertz CT molecular complexity index is 928. The maximum Gasteiger partial charge on any atom is 0.226 e. The Kier molecular flexibility index (Phi) is 3.08. The van der Waals surface area contributed by atoms with Gasteiger partial charge in [0.05, 0.1) is 6.33 Å². The van der Waals surface area contributed by atoms with E-state index < -0.39 is 0 Å². The molecule has 0 aliphatic rings. The largest absolute Gasteiger partial charge is 0.340 e. The number of nitrogens with zero attached hydrogens (tertiary/aromatic N) is 5. The van der Waals surface area contributed by atoms with E-state index in [1.807, 2.05) is 29.0 Å². The second-order valence-corrected chi connectivity index (χ2v) is 5.13.